The van der Waals surface area contributed by atoms with Crippen LogP contribution in [0.2, 0.25) is 0 Å². The van der Waals surface area contributed by atoms with Crippen LogP contribution in [0.3, 0.4) is 0 Å². The number of carbonyl (C=O) groups is 2. The standard InChI is InChI=1S/C19H25N7O2/c1-3-23-15(10-12(2)21)18(28)25-19-24-14-11-13(17(22)27)6-7-16(14)26(19)9-5-4-8-20/h4-7,10-11H,3,8-9,20-21H2,1-2H3,(H2,22,27)(H,24,25,28)/b5-4+,12-10?,23-15?. The number of benzene rings is 1. The smallest absolute Gasteiger partial charge is 0.276 e. The number of allylic oxidation sites excluding steroid dienone is 2. The Morgan fingerprint density at radius 3 is 2.64 bits per heavy atom. The fourth-order valence-electron chi connectivity index (χ4n) is 2.57. The topological polar surface area (TPSA) is 154 Å². The van der Waals surface area contributed by atoms with Crippen molar-refractivity contribution in [1.82, 2.24) is 9.55 Å². The van der Waals surface area contributed by atoms with Crippen LogP contribution >= 0.6 is 0 Å². The van der Waals surface area contributed by atoms with E-state index in [9.17, 15) is 9.59 Å². The summed E-state index contributed by atoms with van der Waals surface area (Å²) >= 11 is 0. The van der Waals surface area contributed by atoms with Crippen molar-refractivity contribution in [2.75, 3.05) is 18.4 Å². The molecule has 148 valence electrons. The Hall–Kier alpha value is -3.46. The van der Waals surface area contributed by atoms with Crippen LogP contribution in [-0.4, -0.2) is 40.2 Å². The molecule has 0 saturated carbocycles. The zero-order valence-corrected chi connectivity index (χ0v) is 16.0. The molecule has 0 unspecified atom stereocenters. The van der Waals surface area contributed by atoms with Crippen LogP contribution in [0.1, 0.15) is 24.2 Å². The van der Waals surface area contributed by atoms with E-state index >= 15 is 0 Å². The van der Waals surface area contributed by atoms with Gasteiger partial charge in [-0.05, 0) is 38.1 Å². The minimum Gasteiger partial charge on any atom is -0.402 e. The van der Waals surface area contributed by atoms with Gasteiger partial charge < -0.3 is 21.8 Å². The van der Waals surface area contributed by atoms with Crippen LogP contribution in [0.25, 0.3) is 11.0 Å². The Labute approximate surface area is 163 Å². The number of imidazole rings is 1. The molecule has 0 aliphatic rings. The lowest BCUT2D eigenvalue weighted by Gasteiger charge is -2.08. The lowest BCUT2D eigenvalue weighted by atomic mass is 10.2. The number of fused-ring (bicyclic) bond motifs is 1. The lowest BCUT2D eigenvalue weighted by Crippen LogP contribution is -2.24. The molecule has 1 heterocycles. The molecule has 28 heavy (non-hydrogen) atoms. The highest BCUT2D eigenvalue weighted by molar-refractivity contribution is 6.47. The average Bonchev–Trinajstić information content (AvgIpc) is 2.97. The fourth-order valence-corrected chi connectivity index (χ4v) is 2.57. The number of aromatic nitrogens is 2. The van der Waals surface area contributed by atoms with Crippen LogP contribution in [-0.2, 0) is 11.3 Å². The number of rotatable bonds is 8. The van der Waals surface area contributed by atoms with Gasteiger partial charge in [0.15, 0.2) is 0 Å². The number of nitrogens with two attached hydrogens (primary N) is 3. The highest BCUT2D eigenvalue weighted by atomic mass is 16.2. The van der Waals surface area contributed by atoms with E-state index in [1.54, 1.807) is 35.8 Å². The van der Waals surface area contributed by atoms with E-state index in [2.05, 4.69) is 15.3 Å². The van der Waals surface area contributed by atoms with E-state index in [4.69, 9.17) is 17.2 Å². The third-order valence-electron chi connectivity index (χ3n) is 3.77. The summed E-state index contributed by atoms with van der Waals surface area (Å²) in [4.78, 5) is 32.7. The number of hydrogen-bond acceptors (Lipinski definition) is 6. The second kappa shape index (κ2) is 9.47. The summed E-state index contributed by atoms with van der Waals surface area (Å²) in [6, 6.07) is 4.94. The van der Waals surface area contributed by atoms with Crippen LogP contribution in [0.15, 0.2) is 47.1 Å². The third-order valence-corrected chi connectivity index (χ3v) is 3.77. The lowest BCUT2D eigenvalue weighted by molar-refractivity contribution is -0.110. The maximum atomic E-state index is 12.7. The van der Waals surface area contributed by atoms with Gasteiger partial charge in [-0.3, -0.25) is 19.9 Å². The van der Waals surface area contributed by atoms with Gasteiger partial charge in [0.25, 0.3) is 5.91 Å². The number of primary amides is 1. The largest absolute Gasteiger partial charge is 0.402 e. The molecule has 0 spiro atoms. The number of aliphatic imine (C=N–C) groups is 1. The average molecular weight is 383 g/mol. The normalized spacial score (nSPS) is 12.7. The monoisotopic (exact) mass is 383 g/mol. The molecular weight excluding hydrogens is 358 g/mol. The molecule has 9 heteroatoms. The summed E-state index contributed by atoms with van der Waals surface area (Å²) in [6.07, 6.45) is 5.18. The van der Waals surface area contributed by atoms with Crippen molar-refractivity contribution >= 4 is 34.5 Å². The van der Waals surface area contributed by atoms with Gasteiger partial charge in [-0.25, -0.2) is 4.98 Å². The van der Waals surface area contributed by atoms with Crippen LogP contribution in [0.4, 0.5) is 5.95 Å². The van der Waals surface area contributed by atoms with Crippen LogP contribution in [0.5, 0.6) is 0 Å². The van der Waals surface area contributed by atoms with Crippen LogP contribution in [0, 0.1) is 0 Å². The van der Waals surface area contributed by atoms with Gasteiger partial charge >= 0.3 is 0 Å². The van der Waals surface area contributed by atoms with Crippen molar-refractivity contribution in [3.63, 3.8) is 0 Å². The molecule has 0 radical (unpaired) electrons. The van der Waals surface area contributed by atoms with Gasteiger partial charge in [0.2, 0.25) is 11.9 Å². The summed E-state index contributed by atoms with van der Waals surface area (Å²) in [7, 11) is 0. The first kappa shape index (κ1) is 20.8. The van der Waals surface area contributed by atoms with Crippen molar-refractivity contribution in [3.05, 3.63) is 47.7 Å². The molecule has 1 aromatic heterocycles. The first-order chi connectivity index (χ1) is 13.4. The minimum atomic E-state index is -0.550. The number of nitrogens with zero attached hydrogens (tertiary/aromatic N) is 3. The molecule has 1 aromatic carbocycles. The summed E-state index contributed by atoms with van der Waals surface area (Å²) in [5.74, 6) is -0.665. The molecule has 2 rings (SSSR count). The first-order valence-corrected chi connectivity index (χ1v) is 8.82. The van der Waals surface area contributed by atoms with E-state index in [-0.39, 0.29) is 5.71 Å². The summed E-state index contributed by atoms with van der Waals surface area (Å²) < 4.78 is 1.80. The molecule has 0 fully saturated rings. The predicted molar refractivity (Wildman–Crippen MR) is 111 cm³/mol. The van der Waals surface area contributed by atoms with E-state index in [1.165, 1.54) is 6.08 Å². The number of hydrogen-bond donors (Lipinski definition) is 4. The van der Waals surface area contributed by atoms with Gasteiger partial charge in [-0.2, -0.15) is 0 Å². The van der Waals surface area contributed by atoms with Crippen molar-refractivity contribution in [2.24, 2.45) is 22.2 Å². The zero-order chi connectivity index (χ0) is 20.7. The second-order valence-electron chi connectivity index (χ2n) is 6.02. The van der Waals surface area contributed by atoms with Gasteiger partial charge in [-0.1, -0.05) is 12.2 Å². The Balaban J connectivity index is 2.48. The van der Waals surface area contributed by atoms with Crippen molar-refractivity contribution in [3.8, 4) is 0 Å². The molecule has 2 amide bonds. The highest BCUT2D eigenvalue weighted by Crippen LogP contribution is 2.21. The Kier molecular flexibility index (Phi) is 7.05. The van der Waals surface area contributed by atoms with Crippen molar-refractivity contribution in [1.29, 1.82) is 0 Å². The van der Waals surface area contributed by atoms with E-state index < -0.39 is 11.8 Å². The first-order valence-electron chi connectivity index (χ1n) is 8.82. The zero-order valence-electron chi connectivity index (χ0n) is 16.0. The van der Waals surface area contributed by atoms with Crippen molar-refractivity contribution < 1.29 is 9.59 Å². The summed E-state index contributed by atoms with van der Waals surface area (Å²) in [5.41, 5.74) is 18.8. The van der Waals surface area contributed by atoms with Crippen molar-refractivity contribution in [2.45, 2.75) is 20.4 Å². The predicted octanol–water partition coefficient (Wildman–Crippen LogP) is 0.912. The maximum Gasteiger partial charge on any atom is 0.276 e. The molecule has 9 nitrogen and oxygen atoms in total. The molecule has 0 atom stereocenters. The Morgan fingerprint density at radius 2 is 2.04 bits per heavy atom. The van der Waals surface area contributed by atoms with Crippen LogP contribution < -0.4 is 22.5 Å². The minimum absolute atomic E-state index is 0.205. The number of carbonyl (C=O) groups excluding carboxylic acids is 2. The number of nitrogens with one attached hydrogen (secondary N) is 1. The quantitative estimate of drug-likeness (QED) is 0.394. The molecule has 2 aromatic rings. The number of amides is 2. The van der Waals surface area contributed by atoms with E-state index in [1.807, 2.05) is 13.0 Å². The van der Waals surface area contributed by atoms with Gasteiger partial charge in [0, 0.05) is 30.9 Å². The third kappa shape index (κ3) is 5.04. The highest BCUT2D eigenvalue weighted by Gasteiger charge is 2.16. The number of anilines is 1. The molecular formula is C19H25N7O2. The van der Waals surface area contributed by atoms with Gasteiger partial charge in [-0.15, -0.1) is 0 Å². The molecule has 0 aliphatic carbocycles. The SMILES string of the molecule is CCN=C(C=C(C)N)C(=O)Nc1nc2cc(C(N)=O)ccc2n1C/C=C/CN. The van der Waals surface area contributed by atoms with E-state index in [0.29, 0.717) is 42.4 Å². The molecule has 0 saturated heterocycles. The summed E-state index contributed by atoms with van der Waals surface area (Å²) in [6.45, 7) is 4.77. The second-order valence-corrected chi connectivity index (χ2v) is 6.02. The fraction of sp³-hybridized carbons (Fsp3) is 0.263. The molecule has 7 N–H and O–H groups in total. The Morgan fingerprint density at radius 1 is 1.29 bits per heavy atom. The van der Waals surface area contributed by atoms with Gasteiger partial charge in [0.1, 0.15) is 5.71 Å². The molecule has 0 bridgehead atoms. The molecule has 0 aliphatic heterocycles. The maximum absolute atomic E-state index is 12.7. The Bertz CT molecular complexity index is 966. The van der Waals surface area contributed by atoms with E-state index in [0.717, 1.165) is 5.52 Å². The summed E-state index contributed by atoms with van der Waals surface area (Å²) in [5, 5.41) is 2.77. The van der Waals surface area contributed by atoms with Gasteiger partial charge in [0.05, 0.1) is 11.0 Å².